The molecule has 0 unspecified atom stereocenters. The van der Waals surface area contributed by atoms with E-state index in [1.165, 1.54) is 11.8 Å². The number of benzene rings is 2. The fourth-order valence-corrected chi connectivity index (χ4v) is 2.64. The van der Waals surface area contributed by atoms with Gasteiger partial charge in [0.2, 0.25) is 0 Å². The van der Waals surface area contributed by atoms with E-state index >= 15 is 0 Å². The van der Waals surface area contributed by atoms with Crippen molar-refractivity contribution in [3.05, 3.63) is 59.7 Å². The van der Waals surface area contributed by atoms with Crippen molar-refractivity contribution in [1.82, 2.24) is 0 Å². The third kappa shape index (κ3) is 4.60. The number of amides is 1. The van der Waals surface area contributed by atoms with Crippen LogP contribution in [-0.4, -0.2) is 24.2 Å². The zero-order valence-corrected chi connectivity index (χ0v) is 14.1. The van der Waals surface area contributed by atoms with Gasteiger partial charge in [0.25, 0.3) is 5.91 Å². The highest BCUT2D eigenvalue weighted by atomic mass is 32.2. The molecular weight excluding hydrogens is 310 g/mol. The van der Waals surface area contributed by atoms with Gasteiger partial charge in [-0.1, -0.05) is 24.3 Å². The van der Waals surface area contributed by atoms with E-state index in [9.17, 15) is 9.59 Å². The second-order valence-corrected chi connectivity index (χ2v) is 5.95. The van der Waals surface area contributed by atoms with E-state index in [0.717, 1.165) is 10.5 Å². The Morgan fingerprint density at radius 3 is 2.57 bits per heavy atom. The molecule has 0 aliphatic heterocycles. The molecule has 0 saturated heterocycles. The van der Waals surface area contributed by atoms with Crippen LogP contribution in [0.1, 0.15) is 22.8 Å². The van der Waals surface area contributed by atoms with Crippen LogP contribution in [0.3, 0.4) is 0 Å². The average molecular weight is 329 g/mol. The van der Waals surface area contributed by atoms with Crippen LogP contribution in [0.2, 0.25) is 0 Å². The lowest BCUT2D eigenvalue weighted by Crippen LogP contribution is -2.30. The van der Waals surface area contributed by atoms with Crippen molar-refractivity contribution in [3.63, 3.8) is 0 Å². The van der Waals surface area contributed by atoms with Crippen molar-refractivity contribution in [1.29, 1.82) is 0 Å². The molecule has 1 atom stereocenters. The maximum atomic E-state index is 12.2. The summed E-state index contributed by atoms with van der Waals surface area (Å²) < 4.78 is 5.28. The molecule has 0 saturated carbocycles. The minimum atomic E-state index is -0.877. The summed E-state index contributed by atoms with van der Waals surface area (Å²) in [5.74, 6) is -0.854. The Morgan fingerprint density at radius 1 is 1.13 bits per heavy atom. The van der Waals surface area contributed by atoms with Crippen LogP contribution in [0.15, 0.2) is 53.4 Å². The molecule has 0 spiro atoms. The predicted molar refractivity (Wildman–Crippen MR) is 92.9 cm³/mol. The van der Waals surface area contributed by atoms with E-state index in [2.05, 4.69) is 5.32 Å². The molecule has 2 aromatic carbocycles. The summed E-state index contributed by atoms with van der Waals surface area (Å²) in [7, 11) is 0. The summed E-state index contributed by atoms with van der Waals surface area (Å²) in [6, 6.07) is 14.6. The number of aryl methyl sites for hydroxylation is 1. The SMILES string of the molecule is CSc1ccccc1C(=O)O[C@@H](C)C(=O)Nc1cccc(C)c1. The van der Waals surface area contributed by atoms with Gasteiger partial charge in [-0.15, -0.1) is 11.8 Å². The molecule has 1 amide bonds. The number of thioether (sulfide) groups is 1. The number of esters is 1. The van der Waals surface area contributed by atoms with Gasteiger partial charge in [0.15, 0.2) is 6.10 Å². The molecule has 0 bridgehead atoms. The number of ether oxygens (including phenoxy) is 1. The van der Waals surface area contributed by atoms with Crippen molar-refractivity contribution in [2.45, 2.75) is 24.8 Å². The Morgan fingerprint density at radius 2 is 1.87 bits per heavy atom. The second kappa shape index (κ2) is 7.83. The highest BCUT2D eigenvalue weighted by Gasteiger charge is 2.20. The molecule has 0 aliphatic rings. The van der Waals surface area contributed by atoms with Crippen molar-refractivity contribution in [2.24, 2.45) is 0 Å². The van der Waals surface area contributed by atoms with Gasteiger partial charge in [0.05, 0.1) is 5.56 Å². The zero-order valence-electron chi connectivity index (χ0n) is 13.3. The van der Waals surface area contributed by atoms with Gasteiger partial charge in [-0.25, -0.2) is 4.79 Å². The molecule has 0 aliphatic carbocycles. The lowest BCUT2D eigenvalue weighted by Gasteiger charge is -2.15. The smallest absolute Gasteiger partial charge is 0.340 e. The highest BCUT2D eigenvalue weighted by molar-refractivity contribution is 7.98. The summed E-state index contributed by atoms with van der Waals surface area (Å²) in [5.41, 5.74) is 2.19. The van der Waals surface area contributed by atoms with E-state index in [1.54, 1.807) is 25.1 Å². The van der Waals surface area contributed by atoms with Gasteiger partial charge < -0.3 is 10.1 Å². The number of anilines is 1. The van der Waals surface area contributed by atoms with Gasteiger partial charge in [0.1, 0.15) is 0 Å². The molecule has 2 aromatic rings. The Hall–Kier alpha value is -2.27. The molecule has 1 N–H and O–H groups in total. The zero-order chi connectivity index (χ0) is 16.8. The fraction of sp³-hybridized carbons (Fsp3) is 0.222. The average Bonchev–Trinajstić information content (AvgIpc) is 2.54. The standard InChI is InChI=1S/C18H19NO3S/c1-12-7-6-8-14(11-12)19-17(20)13(2)22-18(21)15-9-4-5-10-16(15)23-3/h4-11,13H,1-3H3,(H,19,20)/t13-/m0/s1. The van der Waals surface area contributed by atoms with E-state index < -0.39 is 12.1 Å². The number of nitrogens with one attached hydrogen (secondary N) is 1. The van der Waals surface area contributed by atoms with E-state index in [1.807, 2.05) is 43.5 Å². The van der Waals surface area contributed by atoms with Crippen molar-refractivity contribution in [2.75, 3.05) is 11.6 Å². The van der Waals surface area contributed by atoms with E-state index in [4.69, 9.17) is 4.74 Å². The Bertz CT molecular complexity index is 715. The monoisotopic (exact) mass is 329 g/mol. The Kier molecular flexibility index (Phi) is 5.82. The van der Waals surface area contributed by atoms with E-state index in [0.29, 0.717) is 11.3 Å². The molecule has 23 heavy (non-hydrogen) atoms. The number of carbonyl (C=O) groups excluding carboxylic acids is 2. The first-order valence-electron chi connectivity index (χ1n) is 7.23. The van der Waals surface area contributed by atoms with Crippen molar-refractivity contribution >= 4 is 29.3 Å². The minimum Gasteiger partial charge on any atom is -0.449 e. The normalized spacial score (nSPS) is 11.6. The van der Waals surface area contributed by atoms with Crippen LogP contribution in [0.25, 0.3) is 0 Å². The molecular formula is C18H19NO3S. The molecule has 0 heterocycles. The maximum absolute atomic E-state index is 12.2. The molecule has 4 nitrogen and oxygen atoms in total. The highest BCUT2D eigenvalue weighted by Crippen LogP contribution is 2.21. The van der Waals surface area contributed by atoms with Gasteiger partial charge in [-0.3, -0.25) is 4.79 Å². The largest absolute Gasteiger partial charge is 0.449 e. The van der Waals surface area contributed by atoms with Gasteiger partial charge in [-0.05, 0) is 49.9 Å². The minimum absolute atomic E-state index is 0.356. The van der Waals surface area contributed by atoms with Gasteiger partial charge >= 0.3 is 5.97 Å². The van der Waals surface area contributed by atoms with E-state index in [-0.39, 0.29) is 5.91 Å². The lowest BCUT2D eigenvalue weighted by molar-refractivity contribution is -0.123. The number of rotatable bonds is 5. The molecule has 5 heteroatoms. The van der Waals surface area contributed by atoms with Crippen LogP contribution >= 0.6 is 11.8 Å². The predicted octanol–water partition coefficient (Wildman–Crippen LogP) is 3.90. The molecule has 0 aromatic heterocycles. The van der Waals surface area contributed by atoms with Crippen LogP contribution in [-0.2, 0) is 9.53 Å². The van der Waals surface area contributed by atoms with Crippen molar-refractivity contribution < 1.29 is 14.3 Å². The summed E-state index contributed by atoms with van der Waals surface area (Å²) in [6.45, 7) is 3.50. The third-order valence-corrected chi connectivity index (χ3v) is 4.06. The summed E-state index contributed by atoms with van der Waals surface area (Å²) in [4.78, 5) is 25.2. The van der Waals surface area contributed by atoms with Crippen molar-refractivity contribution in [3.8, 4) is 0 Å². The summed E-state index contributed by atoms with van der Waals surface area (Å²) >= 11 is 1.46. The third-order valence-electron chi connectivity index (χ3n) is 3.27. The topological polar surface area (TPSA) is 55.4 Å². The summed E-state index contributed by atoms with van der Waals surface area (Å²) in [6.07, 6.45) is 1.01. The first kappa shape index (κ1) is 17.1. The first-order valence-corrected chi connectivity index (χ1v) is 8.45. The summed E-state index contributed by atoms with van der Waals surface area (Å²) in [5, 5.41) is 2.75. The second-order valence-electron chi connectivity index (χ2n) is 5.11. The quantitative estimate of drug-likeness (QED) is 0.668. The van der Waals surface area contributed by atoms with Crippen LogP contribution < -0.4 is 5.32 Å². The first-order chi connectivity index (χ1) is 11.0. The Balaban J connectivity index is 2.01. The Labute approximate surface area is 140 Å². The molecule has 0 fully saturated rings. The molecule has 0 radical (unpaired) electrons. The van der Waals surface area contributed by atoms with Crippen LogP contribution in [0.5, 0.6) is 0 Å². The van der Waals surface area contributed by atoms with Gasteiger partial charge in [0, 0.05) is 10.6 Å². The van der Waals surface area contributed by atoms with Crippen LogP contribution in [0, 0.1) is 6.92 Å². The number of hydrogen-bond donors (Lipinski definition) is 1. The van der Waals surface area contributed by atoms with Gasteiger partial charge in [-0.2, -0.15) is 0 Å². The molecule has 120 valence electrons. The molecule has 2 rings (SSSR count). The lowest BCUT2D eigenvalue weighted by atomic mass is 10.2. The maximum Gasteiger partial charge on any atom is 0.340 e. The fourth-order valence-electron chi connectivity index (χ4n) is 2.06. The number of carbonyl (C=O) groups is 2. The van der Waals surface area contributed by atoms with Crippen LogP contribution in [0.4, 0.5) is 5.69 Å². The number of hydrogen-bond acceptors (Lipinski definition) is 4.